The van der Waals surface area contributed by atoms with E-state index >= 15 is 0 Å². The molecule has 0 unspecified atom stereocenters. The number of hydrogen-bond acceptors (Lipinski definition) is 5. The number of likely N-dealkylation sites (N-methyl/N-ethyl adjacent to an activating group) is 1. The Balaban J connectivity index is 2.94. The molecule has 98 valence electrons. The quantitative estimate of drug-likeness (QED) is 0.615. The lowest BCUT2D eigenvalue weighted by Crippen LogP contribution is -2.32. The lowest BCUT2D eigenvalue weighted by molar-refractivity contribution is -0.141. The largest absolute Gasteiger partial charge is 0.465 e. The molecule has 0 fully saturated rings. The van der Waals surface area contributed by atoms with Gasteiger partial charge in [-0.1, -0.05) is 12.2 Å². The van der Waals surface area contributed by atoms with Gasteiger partial charge in [-0.25, -0.2) is 0 Å². The van der Waals surface area contributed by atoms with Crippen molar-refractivity contribution in [3.63, 3.8) is 0 Å². The summed E-state index contributed by atoms with van der Waals surface area (Å²) < 4.78 is 4.93. The first-order valence-corrected chi connectivity index (χ1v) is 6.15. The van der Waals surface area contributed by atoms with Gasteiger partial charge in [-0.2, -0.15) is 0 Å². The summed E-state index contributed by atoms with van der Waals surface area (Å²) in [7, 11) is 0. The van der Waals surface area contributed by atoms with Crippen molar-refractivity contribution >= 4 is 28.9 Å². The van der Waals surface area contributed by atoms with Crippen LogP contribution in [0.15, 0.2) is 18.5 Å². The predicted octanol–water partition coefficient (Wildman–Crippen LogP) is 1.11. The van der Waals surface area contributed by atoms with Crippen LogP contribution in [-0.2, 0) is 9.53 Å². The van der Waals surface area contributed by atoms with E-state index in [9.17, 15) is 4.79 Å². The number of carbonyl (C=O) groups excluding carboxylic acids is 1. The average Bonchev–Trinajstić information content (AvgIpc) is 2.36. The molecule has 0 bridgehead atoms. The van der Waals surface area contributed by atoms with E-state index in [1.165, 1.54) is 0 Å². The van der Waals surface area contributed by atoms with Crippen LogP contribution in [0.2, 0.25) is 0 Å². The lowest BCUT2D eigenvalue weighted by Gasteiger charge is -2.23. The van der Waals surface area contributed by atoms with Gasteiger partial charge in [-0.3, -0.25) is 9.78 Å². The average molecular weight is 267 g/mol. The molecule has 1 heterocycles. The maximum atomic E-state index is 11.5. The van der Waals surface area contributed by atoms with Crippen molar-refractivity contribution in [3.05, 3.63) is 24.0 Å². The highest BCUT2D eigenvalue weighted by molar-refractivity contribution is 7.80. The van der Waals surface area contributed by atoms with Crippen molar-refractivity contribution < 1.29 is 9.53 Å². The number of esters is 1. The topological polar surface area (TPSA) is 68.5 Å². The minimum absolute atomic E-state index is 0.158. The van der Waals surface area contributed by atoms with Crippen LogP contribution in [0.25, 0.3) is 0 Å². The second kappa shape index (κ2) is 6.90. The smallest absolute Gasteiger partial charge is 0.325 e. The number of thiocarbonyl (C=S) groups is 1. The predicted molar refractivity (Wildman–Crippen MR) is 74.6 cm³/mol. The van der Waals surface area contributed by atoms with Crippen molar-refractivity contribution in [1.29, 1.82) is 0 Å². The SMILES string of the molecule is CCOC(=O)CN(CC)c1cnccc1C(N)=S. The fraction of sp³-hybridized carbons (Fsp3) is 0.417. The van der Waals surface area contributed by atoms with Crippen molar-refractivity contribution in [3.8, 4) is 0 Å². The number of rotatable bonds is 6. The molecule has 5 nitrogen and oxygen atoms in total. The maximum absolute atomic E-state index is 11.5. The van der Waals surface area contributed by atoms with Crippen molar-refractivity contribution in [2.45, 2.75) is 13.8 Å². The monoisotopic (exact) mass is 267 g/mol. The first-order chi connectivity index (χ1) is 8.60. The fourth-order valence-corrected chi connectivity index (χ4v) is 1.75. The summed E-state index contributed by atoms with van der Waals surface area (Å²) >= 11 is 4.99. The van der Waals surface area contributed by atoms with Gasteiger partial charge in [0.2, 0.25) is 0 Å². The molecule has 0 atom stereocenters. The lowest BCUT2D eigenvalue weighted by atomic mass is 10.2. The second-order valence-corrected chi connectivity index (χ2v) is 4.02. The summed E-state index contributed by atoms with van der Waals surface area (Å²) in [6, 6.07) is 1.74. The summed E-state index contributed by atoms with van der Waals surface area (Å²) in [5.41, 5.74) is 7.12. The molecular weight excluding hydrogens is 250 g/mol. The Morgan fingerprint density at radius 3 is 2.83 bits per heavy atom. The molecule has 18 heavy (non-hydrogen) atoms. The molecule has 6 heteroatoms. The molecule has 0 spiro atoms. The Hall–Kier alpha value is -1.69. The molecule has 0 amide bonds. The summed E-state index contributed by atoms with van der Waals surface area (Å²) in [5, 5.41) is 0. The molecule has 0 aliphatic rings. The van der Waals surface area contributed by atoms with Crippen molar-refractivity contribution in [2.75, 3.05) is 24.6 Å². The maximum Gasteiger partial charge on any atom is 0.325 e. The number of ether oxygens (including phenoxy) is 1. The van der Waals surface area contributed by atoms with Gasteiger partial charge in [0.25, 0.3) is 0 Å². The van der Waals surface area contributed by atoms with E-state index in [1.807, 2.05) is 11.8 Å². The number of nitrogens with two attached hydrogens (primary N) is 1. The van der Waals surface area contributed by atoms with Crippen molar-refractivity contribution in [2.24, 2.45) is 5.73 Å². The molecule has 0 radical (unpaired) electrons. The number of nitrogens with zero attached hydrogens (tertiary/aromatic N) is 2. The third-order valence-corrected chi connectivity index (χ3v) is 2.63. The fourth-order valence-electron chi connectivity index (χ4n) is 1.58. The number of anilines is 1. The zero-order chi connectivity index (χ0) is 13.5. The van der Waals surface area contributed by atoms with E-state index < -0.39 is 0 Å². The van der Waals surface area contributed by atoms with Gasteiger partial charge in [0, 0.05) is 18.3 Å². The zero-order valence-electron chi connectivity index (χ0n) is 10.5. The summed E-state index contributed by atoms with van der Waals surface area (Å²) in [6.07, 6.45) is 3.27. The number of carbonyl (C=O) groups is 1. The van der Waals surface area contributed by atoms with Crippen LogP contribution >= 0.6 is 12.2 Å². The Kier molecular flexibility index (Phi) is 5.51. The van der Waals surface area contributed by atoms with Gasteiger partial charge in [-0.05, 0) is 19.9 Å². The Bertz CT molecular complexity index is 437. The number of aromatic nitrogens is 1. The molecule has 1 rings (SSSR count). The van der Waals surface area contributed by atoms with Gasteiger partial charge >= 0.3 is 5.97 Å². The summed E-state index contributed by atoms with van der Waals surface area (Å²) in [6.45, 7) is 4.88. The first kappa shape index (κ1) is 14.4. The first-order valence-electron chi connectivity index (χ1n) is 5.74. The highest BCUT2D eigenvalue weighted by Crippen LogP contribution is 2.18. The third-order valence-electron chi connectivity index (χ3n) is 2.41. The van der Waals surface area contributed by atoms with Crippen molar-refractivity contribution in [1.82, 2.24) is 4.98 Å². The molecule has 2 N–H and O–H groups in total. The molecule has 0 saturated heterocycles. The van der Waals surface area contributed by atoms with Gasteiger partial charge < -0.3 is 15.4 Å². The van der Waals surface area contributed by atoms with E-state index in [0.29, 0.717) is 18.7 Å². The molecule has 0 aliphatic heterocycles. The van der Waals surface area contributed by atoms with Gasteiger partial charge in [0.05, 0.1) is 18.5 Å². The van der Waals surface area contributed by atoms with E-state index in [4.69, 9.17) is 22.7 Å². The standard InChI is InChI=1S/C12H17N3O2S/c1-3-15(8-11(16)17-4-2)10-7-14-6-5-9(10)12(13)18/h5-7H,3-4,8H2,1-2H3,(H2,13,18). The van der Waals surface area contributed by atoms with E-state index in [-0.39, 0.29) is 17.5 Å². The van der Waals surface area contributed by atoms with Crippen LogP contribution in [0.5, 0.6) is 0 Å². The zero-order valence-corrected chi connectivity index (χ0v) is 11.4. The third kappa shape index (κ3) is 3.66. The molecule has 1 aromatic heterocycles. The summed E-state index contributed by atoms with van der Waals surface area (Å²) in [5.74, 6) is -0.280. The van der Waals surface area contributed by atoms with Gasteiger partial charge in [0.15, 0.2) is 0 Å². The molecule has 1 aromatic rings. The van der Waals surface area contributed by atoms with Gasteiger partial charge in [0.1, 0.15) is 11.5 Å². The number of pyridine rings is 1. The number of hydrogen-bond donors (Lipinski definition) is 1. The second-order valence-electron chi connectivity index (χ2n) is 3.58. The minimum Gasteiger partial charge on any atom is -0.465 e. The van der Waals surface area contributed by atoms with Crippen LogP contribution in [-0.4, -0.2) is 35.6 Å². The van der Waals surface area contributed by atoms with Crippen LogP contribution in [0, 0.1) is 0 Å². The Morgan fingerprint density at radius 2 is 2.28 bits per heavy atom. The van der Waals surface area contributed by atoms with Crippen LogP contribution in [0.1, 0.15) is 19.4 Å². The minimum atomic E-state index is -0.280. The Labute approximate surface area is 112 Å². The molecule has 0 aliphatic carbocycles. The van der Waals surface area contributed by atoms with Crippen LogP contribution in [0.4, 0.5) is 5.69 Å². The van der Waals surface area contributed by atoms with Crippen LogP contribution in [0.3, 0.4) is 0 Å². The van der Waals surface area contributed by atoms with E-state index in [2.05, 4.69) is 4.98 Å². The molecule has 0 aromatic carbocycles. The Morgan fingerprint density at radius 1 is 1.56 bits per heavy atom. The molecule has 0 saturated carbocycles. The van der Waals surface area contributed by atoms with E-state index in [1.54, 1.807) is 25.4 Å². The van der Waals surface area contributed by atoms with Gasteiger partial charge in [-0.15, -0.1) is 0 Å². The highest BCUT2D eigenvalue weighted by atomic mass is 32.1. The normalized spacial score (nSPS) is 9.89. The summed E-state index contributed by atoms with van der Waals surface area (Å²) in [4.78, 5) is 17.7. The van der Waals surface area contributed by atoms with Crippen LogP contribution < -0.4 is 10.6 Å². The molecular formula is C12H17N3O2S. The highest BCUT2D eigenvalue weighted by Gasteiger charge is 2.15. The van der Waals surface area contributed by atoms with E-state index in [0.717, 1.165) is 5.69 Å².